The highest BCUT2D eigenvalue weighted by atomic mass is 16.4. The molecule has 0 aliphatic heterocycles. The minimum absolute atomic E-state index is 0.690. The lowest BCUT2D eigenvalue weighted by Crippen LogP contribution is -2.00. The highest BCUT2D eigenvalue weighted by Crippen LogP contribution is 2.22. The largest absolute Gasteiger partial charge is 0.444 e. The number of aromatic nitrogens is 2. The Balaban J connectivity index is 2.05. The third kappa shape index (κ3) is 2.05. The van der Waals surface area contributed by atoms with Crippen LogP contribution >= 0.6 is 0 Å². The highest BCUT2D eigenvalue weighted by Gasteiger charge is 2.10. The summed E-state index contributed by atoms with van der Waals surface area (Å²) >= 11 is 0. The van der Waals surface area contributed by atoms with Gasteiger partial charge in [-0.05, 0) is 37.3 Å². The third-order valence-electron chi connectivity index (χ3n) is 3.63. The van der Waals surface area contributed by atoms with Crippen molar-refractivity contribution >= 4 is 10.9 Å². The van der Waals surface area contributed by atoms with E-state index in [0.717, 1.165) is 23.8 Å². The fraction of sp³-hybridized carbons (Fsp3) is 0.312. The minimum Gasteiger partial charge on any atom is -0.444 e. The number of nitrogens with zero attached hydrogens (tertiary/aromatic N) is 2. The molecule has 0 bridgehead atoms. The zero-order valence-electron chi connectivity index (χ0n) is 11.6. The summed E-state index contributed by atoms with van der Waals surface area (Å²) in [5, 5.41) is 1.28. The Bertz CT molecular complexity index is 702. The maximum Gasteiger partial charge on any atom is 0.214 e. The molecule has 2 aromatic heterocycles. The number of hydrogen-bond donors (Lipinski definition) is 0. The van der Waals surface area contributed by atoms with Gasteiger partial charge in [0.2, 0.25) is 5.89 Å². The second-order valence-electron chi connectivity index (χ2n) is 4.90. The Morgan fingerprint density at radius 1 is 1.21 bits per heavy atom. The van der Waals surface area contributed by atoms with E-state index in [0.29, 0.717) is 6.54 Å². The summed E-state index contributed by atoms with van der Waals surface area (Å²) < 4.78 is 7.90. The summed E-state index contributed by atoms with van der Waals surface area (Å²) in [6, 6.07) is 8.60. The molecule has 0 aliphatic rings. The number of para-hydroxylation sites is 1. The van der Waals surface area contributed by atoms with E-state index in [1.54, 1.807) is 0 Å². The van der Waals surface area contributed by atoms with Crippen LogP contribution in [0.4, 0.5) is 0 Å². The molecule has 3 aromatic rings. The molecule has 0 N–H and O–H groups in total. The zero-order chi connectivity index (χ0) is 13.4. The summed E-state index contributed by atoms with van der Waals surface area (Å²) in [5.41, 5.74) is 3.63. The molecule has 2 heterocycles. The topological polar surface area (TPSA) is 31.0 Å². The fourth-order valence-electron chi connectivity index (χ4n) is 2.51. The number of benzene rings is 1. The lowest BCUT2D eigenvalue weighted by Gasteiger charge is -2.06. The average Bonchev–Trinajstić information content (AvgIpc) is 2.94. The van der Waals surface area contributed by atoms with Crippen LogP contribution in [-0.2, 0) is 13.0 Å². The van der Waals surface area contributed by atoms with Crippen molar-refractivity contribution in [2.24, 2.45) is 0 Å². The fourth-order valence-corrected chi connectivity index (χ4v) is 2.51. The van der Waals surface area contributed by atoms with E-state index in [1.165, 1.54) is 16.5 Å². The van der Waals surface area contributed by atoms with Crippen LogP contribution in [0.5, 0.6) is 0 Å². The highest BCUT2D eigenvalue weighted by molar-refractivity contribution is 5.83. The van der Waals surface area contributed by atoms with Crippen LogP contribution in [0.2, 0.25) is 0 Å². The van der Waals surface area contributed by atoms with Crippen molar-refractivity contribution in [3.63, 3.8) is 0 Å². The van der Waals surface area contributed by atoms with Crippen molar-refractivity contribution in [3.05, 3.63) is 53.4 Å². The first kappa shape index (κ1) is 12.0. The minimum atomic E-state index is 0.690. The van der Waals surface area contributed by atoms with E-state index in [4.69, 9.17) is 4.42 Å². The number of oxazole rings is 1. The number of hydrogen-bond acceptors (Lipinski definition) is 2. The molecule has 1 aromatic carbocycles. The Morgan fingerprint density at radius 2 is 2.05 bits per heavy atom. The smallest absolute Gasteiger partial charge is 0.214 e. The van der Waals surface area contributed by atoms with Gasteiger partial charge in [0.15, 0.2) is 0 Å². The Kier molecular flexibility index (Phi) is 2.90. The van der Waals surface area contributed by atoms with Crippen LogP contribution in [0.25, 0.3) is 10.9 Å². The van der Waals surface area contributed by atoms with Crippen molar-refractivity contribution in [2.45, 2.75) is 33.7 Å². The summed E-state index contributed by atoms with van der Waals surface area (Å²) in [6.45, 7) is 6.81. The van der Waals surface area contributed by atoms with E-state index in [2.05, 4.69) is 46.9 Å². The summed E-state index contributed by atoms with van der Waals surface area (Å²) in [4.78, 5) is 4.46. The quantitative estimate of drug-likeness (QED) is 0.710. The molecule has 0 unspecified atom stereocenters. The molecule has 0 amide bonds. The van der Waals surface area contributed by atoms with Gasteiger partial charge in [0.25, 0.3) is 0 Å². The molecule has 0 spiro atoms. The lowest BCUT2D eigenvalue weighted by molar-refractivity contribution is 0.459. The van der Waals surface area contributed by atoms with Crippen LogP contribution < -0.4 is 0 Å². The van der Waals surface area contributed by atoms with Gasteiger partial charge in [0.05, 0.1) is 17.8 Å². The second kappa shape index (κ2) is 4.57. The molecule has 0 fully saturated rings. The van der Waals surface area contributed by atoms with Crippen molar-refractivity contribution < 1.29 is 4.42 Å². The molecule has 0 atom stereocenters. The molecule has 3 heteroatoms. The number of aryl methyl sites for hydroxylation is 3. The van der Waals surface area contributed by atoms with Crippen molar-refractivity contribution in [1.29, 1.82) is 0 Å². The number of fused-ring (bicyclic) bond motifs is 1. The first-order valence-corrected chi connectivity index (χ1v) is 6.68. The second-order valence-corrected chi connectivity index (χ2v) is 4.90. The van der Waals surface area contributed by atoms with Crippen LogP contribution in [-0.4, -0.2) is 9.55 Å². The van der Waals surface area contributed by atoms with Gasteiger partial charge in [-0.15, -0.1) is 0 Å². The van der Waals surface area contributed by atoms with Gasteiger partial charge in [-0.25, -0.2) is 4.98 Å². The van der Waals surface area contributed by atoms with Gasteiger partial charge in [0, 0.05) is 6.20 Å². The van der Waals surface area contributed by atoms with E-state index < -0.39 is 0 Å². The predicted molar refractivity (Wildman–Crippen MR) is 76.4 cm³/mol. The van der Waals surface area contributed by atoms with Gasteiger partial charge >= 0.3 is 0 Å². The predicted octanol–water partition coefficient (Wildman–Crippen LogP) is 3.86. The molecular weight excluding hydrogens is 236 g/mol. The Morgan fingerprint density at radius 3 is 2.74 bits per heavy atom. The molecule has 3 rings (SSSR count). The summed E-state index contributed by atoms with van der Waals surface area (Å²) in [5.74, 6) is 1.68. The van der Waals surface area contributed by atoms with Gasteiger partial charge in [-0.2, -0.15) is 0 Å². The molecule has 98 valence electrons. The van der Waals surface area contributed by atoms with Crippen LogP contribution in [0.15, 0.2) is 34.9 Å². The summed E-state index contributed by atoms with van der Waals surface area (Å²) in [6.07, 6.45) is 3.14. The van der Waals surface area contributed by atoms with Crippen LogP contribution in [0.3, 0.4) is 0 Å². The van der Waals surface area contributed by atoms with Crippen molar-refractivity contribution in [1.82, 2.24) is 9.55 Å². The Hall–Kier alpha value is -2.03. The summed E-state index contributed by atoms with van der Waals surface area (Å²) in [7, 11) is 0. The molecule has 3 nitrogen and oxygen atoms in total. The SMILES string of the molecule is CCc1cccc2ccn(Cc3nc(C)c(C)o3)c12. The van der Waals surface area contributed by atoms with Crippen molar-refractivity contribution in [3.8, 4) is 0 Å². The molecule has 0 saturated carbocycles. The van der Waals surface area contributed by atoms with Crippen LogP contribution in [0.1, 0.15) is 29.8 Å². The maximum absolute atomic E-state index is 5.68. The van der Waals surface area contributed by atoms with E-state index in [9.17, 15) is 0 Å². The van der Waals surface area contributed by atoms with Crippen LogP contribution in [0, 0.1) is 13.8 Å². The Labute approximate surface area is 112 Å². The van der Waals surface area contributed by atoms with Gasteiger partial charge < -0.3 is 8.98 Å². The molecule has 0 aliphatic carbocycles. The third-order valence-corrected chi connectivity index (χ3v) is 3.63. The first-order valence-electron chi connectivity index (χ1n) is 6.68. The molecular formula is C16H18N2O. The maximum atomic E-state index is 5.68. The van der Waals surface area contributed by atoms with E-state index in [-0.39, 0.29) is 0 Å². The van der Waals surface area contributed by atoms with E-state index >= 15 is 0 Å². The zero-order valence-corrected chi connectivity index (χ0v) is 11.6. The lowest BCUT2D eigenvalue weighted by atomic mass is 10.1. The van der Waals surface area contributed by atoms with Gasteiger partial charge in [-0.3, -0.25) is 0 Å². The molecule has 0 radical (unpaired) electrons. The molecule has 0 saturated heterocycles. The standard InChI is InChI=1S/C16H18N2O/c1-4-13-6-5-7-14-8-9-18(16(13)14)10-15-17-11(2)12(3)19-15/h5-9H,4,10H2,1-3H3. The average molecular weight is 254 g/mol. The van der Waals surface area contributed by atoms with Gasteiger partial charge in [-0.1, -0.05) is 25.1 Å². The number of rotatable bonds is 3. The van der Waals surface area contributed by atoms with E-state index in [1.807, 2.05) is 13.8 Å². The molecule has 19 heavy (non-hydrogen) atoms. The van der Waals surface area contributed by atoms with Crippen molar-refractivity contribution in [2.75, 3.05) is 0 Å². The monoisotopic (exact) mass is 254 g/mol. The normalized spacial score (nSPS) is 11.3. The van der Waals surface area contributed by atoms with Gasteiger partial charge in [0.1, 0.15) is 5.76 Å². The first-order chi connectivity index (χ1) is 9.19.